The number of aliphatic carboxylic acids is 3. The molecule has 0 aliphatic rings. The normalized spacial score (nSPS) is 9.40. The van der Waals surface area contributed by atoms with Crippen LogP contribution in [0.5, 0.6) is 0 Å². The van der Waals surface area contributed by atoms with Crippen molar-refractivity contribution in [2.75, 3.05) is 0 Å². The summed E-state index contributed by atoms with van der Waals surface area (Å²) < 4.78 is 0. The zero-order valence-electron chi connectivity index (χ0n) is 7.13. The van der Waals surface area contributed by atoms with Crippen LogP contribution in [0.1, 0.15) is 12.8 Å². The van der Waals surface area contributed by atoms with Crippen molar-refractivity contribution in [1.29, 1.82) is 0 Å². The summed E-state index contributed by atoms with van der Waals surface area (Å²) in [7, 11) is 0. The fraction of sp³-hybridized carbons (Fsp3) is 0.500. The molecule has 0 heterocycles. The van der Waals surface area contributed by atoms with E-state index in [1.807, 2.05) is 0 Å². The number of hydrogen-bond donors (Lipinski definition) is 4. The summed E-state index contributed by atoms with van der Waals surface area (Å²) in [5.74, 6) is -5.02. The molecule has 0 amide bonds. The van der Waals surface area contributed by atoms with Crippen molar-refractivity contribution >= 4 is 95.5 Å². The molecule has 0 bridgehead atoms. The van der Waals surface area contributed by atoms with Crippen molar-refractivity contribution < 1.29 is 34.8 Å². The Morgan fingerprint density at radius 1 is 0.933 bits per heavy atom. The van der Waals surface area contributed by atoms with Gasteiger partial charge in [0, 0.05) is 0 Å². The van der Waals surface area contributed by atoms with E-state index in [0.29, 0.717) is 0 Å². The van der Waals surface area contributed by atoms with Gasteiger partial charge in [0.2, 0.25) is 0 Å². The monoisotopic (exact) mass is 444 g/mol. The van der Waals surface area contributed by atoms with Gasteiger partial charge < -0.3 is 20.4 Å². The maximum atomic E-state index is 10.3. The Balaban J connectivity index is -0.000000720. The second-order valence-corrected chi connectivity index (χ2v) is 2.48. The summed E-state index contributed by atoms with van der Waals surface area (Å²) in [6.45, 7) is 0. The molecule has 7 nitrogen and oxygen atoms in total. The molecule has 84 valence electrons. The molecule has 0 aliphatic carbocycles. The second kappa shape index (κ2) is 8.98. The summed E-state index contributed by atoms with van der Waals surface area (Å²) in [5, 5.41) is 33.8. The number of carboxylic acids is 3. The minimum atomic E-state index is -2.74. The standard InChI is InChI=1S/C6H8O7.Bi.K.4H/c7-3(8)1-6(13,5(11)12)2-4(9)10;;;;;;/h13H,1-2H2,(H,7,8)(H,9,10)(H,11,12);;;;;;. The molecule has 0 rings (SSSR count). The zero-order valence-corrected chi connectivity index (χ0v) is 12.6. The Morgan fingerprint density at radius 2 is 1.20 bits per heavy atom. The van der Waals surface area contributed by atoms with Gasteiger partial charge in [-0.25, -0.2) is 4.79 Å². The predicted molar refractivity (Wildman–Crippen MR) is 54.2 cm³/mol. The van der Waals surface area contributed by atoms with Gasteiger partial charge in [0.25, 0.3) is 0 Å². The summed E-state index contributed by atoms with van der Waals surface area (Å²) >= 11 is 0. The molecule has 0 unspecified atom stereocenters. The fourth-order valence-corrected chi connectivity index (χ4v) is 0.714. The van der Waals surface area contributed by atoms with Gasteiger partial charge in [0.05, 0.1) is 12.8 Å². The van der Waals surface area contributed by atoms with Gasteiger partial charge in [-0.3, -0.25) is 9.59 Å². The van der Waals surface area contributed by atoms with Gasteiger partial charge in [-0.05, 0) is 0 Å². The molecule has 0 atom stereocenters. The average Bonchev–Trinajstić information content (AvgIpc) is 1.82. The van der Waals surface area contributed by atoms with E-state index in [1.54, 1.807) is 0 Å². The van der Waals surface area contributed by atoms with Gasteiger partial charge >= 0.3 is 95.5 Å². The van der Waals surface area contributed by atoms with Crippen LogP contribution in [0.25, 0.3) is 0 Å². The topological polar surface area (TPSA) is 132 Å². The Hall–Kier alpha value is 0.889. The minimum absolute atomic E-state index is 0. The predicted octanol–water partition coefficient (Wildman–Crippen LogP) is -3.08. The number of aliphatic hydroxyl groups is 1. The third-order valence-electron chi connectivity index (χ3n) is 1.29. The third-order valence-corrected chi connectivity index (χ3v) is 1.29. The first-order valence-electron chi connectivity index (χ1n) is 3.17. The molecule has 4 N–H and O–H groups in total. The molecule has 0 spiro atoms. The van der Waals surface area contributed by atoms with E-state index in [1.165, 1.54) is 0 Å². The van der Waals surface area contributed by atoms with Crippen LogP contribution in [-0.2, 0) is 14.4 Å². The average molecular weight is 444 g/mol. The van der Waals surface area contributed by atoms with E-state index < -0.39 is 36.4 Å². The SMILES string of the molecule is O=C(O)CC(O)(CC(=O)O)C(=O)O.[BiH3].[KH]. The van der Waals surface area contributed by atoms with Crippen molar-refractivity contribution in [2.45, 2.75) is 18.4 Å². The van der Waals surface area contributed by atoms with Crippen LogP contribution in [-0.4, -0.2) is 122 Å². The molecule has 0 saturated carbocycles. The van der Waals surface area contributed by atoms with E-state index in [4.69, 9.17) is 20.4 Å². The van der Waals surface area contributed by atoms with E-state index in [-0.39, 0.29) is 77.6 Å². The Bertz CT molecular complexity index is 238. The Kier molecular flexibility index (Phi) is 12.7. The number of hydrogen-bond acceptors (Lipinski definition) is 4. The molecule has 0 fully saturated rings. The van der Waals surface area contributed by atoms with Gasteiger partial charge in [-0.15, -0.1) is 0 Å². The second-order valence-electron chi connectivity index (χ2n) is 2.48. The molecule has 0 radical (unpaired) electrons. The molecule has 0 aliphatic heterocycles. The molecule has 0 saturated heterocycles. The van der Waals surface area contributed by atoms with Crippen LogP contribution < -0.4 is 0 Å². The molecular formula is C6H12BiKO7. The van der Waals surface area contributed by atoms with Crippen LogP contribution in [0.2, 0.25) is 0 Å². The number of carboxylic acid groups (broad SMARTS) is 3. The number of rotatable bonds is 5. The van der Waals surface area contributed by atoms with Crippen LogP contribution in [0.15, 0.2) is 0 Å². The zero-order chi connectivity index (χ0) is 10.6. The Labute approximate surface area is 146 Å². The third kappa shape index (κ3) is 8.67. The molecule has 0 aromatic carbocycles. The first-order chi connectivity index (χ1) is 5.78. The van der Waals surface area contributed by atoms with Gasteiger partial charge in [-0.2, -0.15) is 0 Å². The van der Waals surface area contributed by atoms with Crippen molar-refractivity contribution in [3.8, 4) is 0 Å². The van der Waals surface area contributed by atoms with Gasteiger partial charge in [0.15, 0.2) is 5.60 Å². The molecule has 0 aromatic rings. The van der Waals surface area contributed by atoms with Crippen molar-refractivity contribution in [3.05, 3.63) is 0 Å². The van der Waals surface area contributed by atoms with Crippen molar-refractivity contribution in [3.63, 3.8) is 0 Å². The van der Waals surface area contributed by atoms with Crippen LogP contribution >= 0.6 is 0 Å². The number of carbonyl (C=O) groups is 3. The van der Waals surface area contributed by atoms with Crippen LogP contribution in [0.4, 0.5) is 0 Å². The summed E-state index contributed by atoms with van der Waals surface area (Å²) in [4.78, 5) is 30.5. The van der Waals surface area contributed by atoms with Gasteiger partial charge in [0.1, 0.15) is 0 Å². The summed E-state index contributed by atoms with van der Waals surface area (Å²) in [6.07, 6.45) is -2.29. The molecular weight excluding hydrogens is 432 g/mol. The summed E-state index contributed by atoms with van der Waals surface area (Å²) in [6, 6.07) is 0. The first kappa shape index (κ1) is 21.2. The van der Waals surface area contributed by atoms with Crippen molar-refractivity contribution in [1.82, 2.24) is 0 Å². The van der Waals surface area contributed by atoms with E-state index >= 15 is 0 Å². The molecule has 9 heteroatoms. The molecule has 0 aromatic heterocycles. The van der Waals surface area contributed by atoms with Crippen LogP contribution in [0, 0.1) is 0 Å². The maximum absolute atomic E-state index is 10.3. The van der Waals surface area contributed by atoms with E-state index in [9.17, 15) is 14.4 Å². The summed E-state index contributed by atoms with van der Waals surface area (Å²) in [5.41, 5.74) is -2.74. The van der Waals surface area contributed by atoms with E-state index in [2.05, 4.69) is 0 Å². The quantitative estimate of drug-likeness (QED) is 0.331. The van der Waals surface area contributed by atoms with Crippen LogP contribution in [0.3, 0.4) is 0 Å². The first-order valence-corrected chi connectivity index (χ1v) is 3.17. The Morgan fingerprint density at radius 3 is 1.33 bits per heavy atom. The molecule has 15 heavy (non-hydrogen) atoms. The van der Waals surface area contributed by atoms with Gasteiger partial charge in [-0.1, -0.05) is 0 Å². The fourth-order valence-electron chi connectivity index (χ4n) is 0.714. The van der Waals surface area contributed by atoms with Crippen molar-refractivity contribution in [2.24, 2.45) is 0 Å². The van der Waals surface area contributed by atoms with E-state index in [0.717, 1.165) is 0 Å².